The number of aryl methyl sites for hydroxylation is 1. The van der Waals surface area contributed by atoms with E-state index >= 15 is 0 Å². The third-order valence-electron chi connectivity index (χ3n) is 3.68. The number of aliphatic imine (C=N–C) groups is 1. The lowest BCUT2D eigenvalue weighted by Gasteiger charge is -2.12. The monoisotopic (exact) mass is 345 g/mol. The molecule has 1 aromatic heterocycles. The molecule has 0 saturated heterocycles. The largest absolute Gasteiger partial charge is 0.493 e. The first-order chi connectivity index (χ1) is 12.2. The molecule has 0 aliphatic carbocycles. The maximum Gasteiger partial charge on any atom is 0.191 e. The van der Waals surface area contributed by atoms with Gasteiger partial charge >= 0.3 is 0 Å². The number of methoxy groups -OCH3 is 2. The van der Waals surface area contributed by atoms with E-state index in [9.17, 15) is 0 Å². The summed E-state index contributed by atoms with van der Waals surface area (Å²) in [4.78, 5) is 4.59. The standard InChI is InChI=1S/C18H27N5O2/c1-5-19-18(21-11-15-12-22-23(2)13-15)20-9-8-14-6-7-16(24-3)17(10-14)25-4/h6-7,10,12-13H,5,8-9,11H2,1-4H3,(H2,19,20,21). The number of guanidine groups is 1. The van der Waals surface area contributed by atoms with E-state index in [1.807, 2.05) is 37.6 Å². The molecule has 2 N–H and O–H groups in total. The molecule has 25 heavy (non-hydrogen) atoms. The average Bonchev–Trinajstić information content (AvgIpc) is 3.04. The first kappa shape index (κ1) is 18.6. The van der Waals surface area contributed by atoms with Gasteiger partial charge in [-0.1, -0.05) is 6.07 Å². The molecule has 0 amide bonds. The van der Waals surface area contributed by atoms with Crippen LogP contribution in [0.2, 0.25) is 0 Å². The first-order valence-electron chi connectivity index (χ1n) is 8.36. The molecule has 0 aliphatic heterocycles. The van der Waals surface area contributed by atoms with E-state index < -0.39 is 0 Å². The molecular formula is C18H27N5O2. The SMILES string of the molecule is CCNC(=NCc1cnn(C)c1)NCCc1ccc(OC)c(OC)c1. The first-order valence-corrected chi connectivity index (χ1v) is 8.36. The van der Waals surface area contributed by atoms with Crippen molar-refractivity contribution in [3.8, 4) is 11.5 Å². The zero-order valence-electron chi connectivity index (χ0n) is 15.4. The maximum absolute atomic E-state index is 5.34. The van der Waals surface area contributed by atoms with Crippen LogP contribution in [0.15, 0.2) is 35.6 Å². The molecule has 2 aromatic rings. The fraction of sp³-hybridized carbons (Fsp3) is 0.444. The highest BCUT2D eigenvalue weighted by molar-refractivity contribution is 5.79. The molecule has 0 aliphatic rings. The smallest absolute Gasteiger partial charge is 0.191 e. The zero-order valence-corrected chi connectivity index (χ0v) is 15.4. The summed E-state index contributed by atoms with van der Waals surface area (Å²) >= 11 is 0. The number of benzene rings is 1. The Morgan fingerprint density at radius 2 is 1.96 bits per heavy atom. The van der Waals surface area contributed by atoms with Gasteiger partial charge in [0.1, 0.15) is 0 Å². The Labute approximate surface area is 149 Å². The maximum atomic E-state index is 5.34. The van der Waals surface area contributed by atoms with Crippen LogP contribution in [0.4, 0.5) is 0 Å². The lowest BCUT2D eigenvalue weighted by molar-refractivity contribution is 0.354. The quantitative estimate of drug-likeness (QED) is 0.563. The molecule has 2 rings (SSSR count). The van der Waals surface area contributed by atoms with Crippen molar-refractivity contribution in [2.24, 2.45) is 12.0 Å². The van der Waals surface area contributed by atoms with Crippen molar-refractivity contribution < 1.29 is 9.47 Å². The van der Waals surface area contributed by atoms with E-state index in [1.54, 1.807) is 18.9 Å². The van der Waals surface area contributed by atoms with Gasteiger partial charge in [0.25, 0.3) is 0 Å². The van der Waals surface area contributed by atoms with Gasteiger partial charge in [-0.25, -0.2) is 4.99 Å². The molecule has 136 valence electrons. The van der Waals surface area contributed by atoms with E-state index in [0.29, 0.717) is 6.54 Å². The Kier molecular flexibility index (Phi) is 7.13. The average molecular weight is 345 g/mol. The molecule has 7 nitrogen and oxygen atoms in total. The van der Waals surface area contributed by atoms with Crippen LogP contribution < -0.4 is 20.1 Å². The van der Waals surface area contributed by atoms with Gasteiger partial charge in [-0.2, -0.15) is 5.10 Å². The van der Waals surface area contributed by atoms with E-state index in [1.165, 1.54) is 5.56 Å². The summed E-state index contributed by atoms with van der Waals surface area (Å²) in [6, 6.07) is 5.97. The second-order valence-corrected chi connectivity index (χ2v) is 5.58. The van der Waals surface area contributed by atoms with Crippen molar-refractivity contribution in [1.82, 2.24) is 20.4 Å². The Bertz CT molecular complexity index is 697. The Hall–Kier alpha value is -2.70. The minimum atomic E-state index is 0.597. The molecule has 0 unspecified atom stereocenters. The van der Waals surface area contributed by atoms with Gasteiger partial charge in [0.2, 0.25) is 0 Å². The van der Waals surface area contributed by atoms with Crippen LogP contribution in [0.25, 0.3) is 0 Å². The lowest BCUT2D eigenvalue weighted by Crippen LogP contribution is -2.38. The Morgan fingerprint density at radius 3 is 2.60 bits per heavy atom. The van der Waals surface area contributed by atoms with Crippen LogP contribution in [-0.4, -0.2) is 43.0 Å². The number of rotatable bonds is 8. The van der Waals surface area contributed by atoms with Crippen molar-refractivity contribution in [2.75, 3.05) is 27.3 Å². The van der Waals surface area contributed by atoms with Crippen LogP contribution in [0.1, 0.15) is 18.1 Å². The van der Waals surface area contributed by atoms with Crippen LogP contribution in [0, 0.1) is 0 Å². The molecule has 0 atom stereocenters. The predicted octanol–water partition coefficient (Wildman–Crippen LogP) is 1.74. The zero-order chi connectivity index (χ0) is 18.1. The van der Waals surface area contributed by atoms with Crippen molar-refractivity contribution in [2.45, 2.75) is 19.9 Å². The Balaban J connectivity index is 1.90. The number of hydrogen-bond acceptors (Lipinski definition) is 4. The molecule has 0 saturated carbocycles. The van der Waals surface area contributed by atoms with Crippen molar-refractivity contribution >= 4 is 5.96 Å². The molecule has 7 heteroatoms. The van der Waals surface area contributed by atoms with Crippen LogP contribution >= 0.6 is 0 Å². The molecular weight excluding hydrogens is 318 g/mol. The lowest BCUT2D eigenvalue weighted by atomic mass is 10.1. The van der Waals surface area contributed by atoms with Gasteiger partial charge in [0.05, 0.1) is 27.0 Å². The molecule has 0 bridgehead atoms. The molecule has 1 heterocycles. The normalized spacial score (nSPS) is 11.3. The topological polar surface area (TPSA) is 72.7 Å². The van der Waals surface area contributed by atoms with Gasteiger partial charge in [-0.15, -0.1) is 0 Å². The minimum Gasteiger partial charge on any atom is -0.493 e. The van der Waals surface area contributed by atoms with Gasteiger partial charge in [-0.3, -0.25) is 4.68 Å². The van der Waals surface area contributed by atoms with Crippen LogP contribution in [0.5, 0.6) is 11.5 Å². The highest BCUT2D eigenvalue weighted by Crippen LogP contribution is 2.27. The highest BCUT2D eigenvalue weighted by Gasteiger charge is 2.05. The minimum absolute atomic E-state index is 0.597. The van der Waals surface area contributed by atoms with Gasteiger partial charge in [-0.05, 0) is 31.0 Å². The number of ether oxygens (including phenoxy) is 2. The van der Waals surface area contributed by atoms with E-state index in [-0.39, 0.29) is 0 Å². The number of hydrogen-bond donors (Lipinski definition) is 2. The van der Waals surface area contributed by atoms with Gasteiger partial charge in [0.15, 0.2) is 17.5 Å². The third kappa shape index (κ3) is 5.70. The van der Waals surface area contributed by atoms with Crippen molar-refractivity contribution in [3.63, 3.8) is 0 Å². The summed E-state index contributed by atoms with van der Waals surface area (Å²) in [5.41, 5.74) is 2.26. The summed E-state index contributed by atoms with van der Waals surface area (Å²) in [7, 11) is 5.19. The van der Waals surface area contributed by atoms with Crippen molar-refractivity contribution in [1.29, 1.82) is 0 Å². The number of nitrogens with zero attached hydrogens (tertiary/aromatic N) is 3. The second-order valence-electron chi connectivity index (χ2n) is 5.58. The van der Waals surface area contributed by atoms with E-state index in [4.69, 9.17) is 9.47 Å². The molecule has 0 fully saturated rings. The summed E-state index contributed by atoms with van der Waals surface area (Å²) in [5, 5.41) is 10.8. The molecule has 0 spiro atoms. The number of nitrogens with one attached hydrogen (secondary N) is 2. The van der Waals surface area contributed by atoms with Gasteiger partial charge < -0.3 is 20.1 Å². The van der Waals surface area contributed by atoms with E-state index in [0.717, 1.165) is 42.5 Å². The molecule has 0 radical (unpaired) electrons. The van der Waals surface area contributed by atoms with Crippen LogP contribution in [-0.2, 0) is 20.0 Å². The fourth-order valence-corrected chi connectivity index (χ4v) is 2.43. The Morgan fingerprint density at radius 1 is 1.16 bits per heavy atom. The summed E-state index contributed by atoms with van der Waals surface area (Å²) in [6.45, 7) is 4.23. The summed E-state index contributed by atoms with van der Waals surface area (Å²) < 4.78 is 12.4. The number of aromatic nitrogens is 2. The molecule has 1 aromatic carbocycles. The van der Waals surface area contributed by atoms with Crippen molar-refractivity contribution in [3.05, 3.63) is 41.7 Å². The van der Waals surface area contributed by atoms with E-state index in [2.05, 4.69) is 27.6 Å². The summed E-state index contributed by atoms with van der Waals surface area (Å²) in [5.74, 6) is 2.29. The van der Waals surface area contributed by atoms with Gasteiger partial charge in [0, 0.05) is 31.9 Å². The third-order valence-corrected chi connectivity index (χ3v) is 3.68. The summed E-state index contributed by atoms with van der Waals surface area (Å²) in [6.07, 6.45) is 4.66. The predicted molar refractivity (Wildman–Crippen MR) is 99.3 cm³/mol. The highest BCUT2D eigenvalue weighted by atomic mass is 16.5. The second kappa shape index (κ2) is 9.56. The fourth-order valence-electron chi connectivity index (χ4n) is 2.43. The van der Waals surface area contributed by atoms with Crippen LogP contribution in [0.3, 0.4) is 0 Å².